The summed E-state index contributed by atoms with van der Waals surface area (Å²) in [5.74, 6) is -1.40. The number of hydrogen-bond donors (Lipinski definition) is 9. The Morgan fingerprint density at radius 3 is 1.82 bits per heavy atom. The number of aliphatic hydroxyl groups is 8. The molecule has 3 aliphatic rings. The van der Waals surface area contributed by atoms with Crippen LogP contribution in [0.25, 0.3) is 0 Å². The normalized spacial score (nSPS) is 47.2. The zero-order valence-electron chi connectivity index (χ0n) is 21.3. The number of carboxylic acid groups (broad SMARTS) is 1. The van der Waals surface area contributed by atoms with E-state index in [-0.39, 0.29) is 6.61 Å². The van der Waals surface area contributed by atoms with Crippen LogP contribution in [0, 0.1) is 0 Å². The molecule has 0 unspecified atom stereocenters. The largest absolute Gasteiger partial charge is 0.480 e. The molecule has 3 saturated heterocycles. The highest BCUT2D eigenvalue weighted by Crippen LogP contribution is 2.34. The van der Waals surface area contributed by atoms with Gasteiger partial charge in [0.1, 0.15) is 73.8 Å². The molecule has 15 atom stereocenters. The summed E-state index contributed by atoms with van der Waals surface area (Å²) in [6.07, 6.45) is -23.1. The van der Waals surface area contributed by atoms with Gasteiger partial charge < -0.3 is 79.1 Å². The Balaban J connectivity index is 1.88. The Kier molecular flexibility index (Phi) is 11.8. The molecule has 228 valence electrons. The zero-order valence-corrected chi connectivity index (χ0v) is 21.3. The van der Waals surface area contributed by atoms with Crippen molar-refractivity contribution in [3.63, 3.8) is 0 Å². The maximum absolute atomic E-state index is 11.0. The molecule has 3 aliphatic heterocycles. The van der Waals surface area contributed by atoms with E-state index in [1.165, 1.54) is 6.92 Å². The van der Waals surface area contributed by atoms with E-state index in [1.807, 2.05) is 0 Å². The lowest BCUT2D eigenvalue weighted by molar-refractivity contribution is -0.386. The van der Waals surface area contributed by atoms with Crippen molar-refractivity contribution >= 4 is 5.97 Å². The predicted octanol–water partition coefficient (Wildman–Crippen LogP) is -5.39. The van der Waals surface area contributed by atoms with Crippen molar-refractivity contribution in [1.29, 1.82) is 0 Å². The smallest absolute Gasteiger partial charge is 0.329 e. The topological polar surface area (TPSA) is 264 Å². The SMILES string of the molecule is CCO[C@@H]1O[C@H](CO)[C@@H](O[C@@H]2O[C@H](CO)[C@H](O)[C@H](OCC(=O)O)[C@H]2O)[C@H](O[C@@H]2O[C@@H](C)[C@@H](O)[C@@H](O)[C@@H]2O)[C@H]1O. The third-order valence-corrected chi connectivity index (χ3v) is 6.74. The lowest BCUT2D eigenvalue weighted by Gasteiger charge is -2.49. The zero-order chi connectivity index (χ0) is 29.0. The van der Waals surface area contributed by atoms with Gasteiger partial charge in [0, 0.05) is 6.61 Å². The minimum atomic E-state index is -1.84. The van der Waals surface area contributed by atoms with Crippen molar-refractivity contribution in [2.24, 2.45) is 0 Å². The van der Waals surface area contributed by atoms with Gasteiger partial charge in [-0.15, -0.1) is 0 Å². The molecular formula is C22H38O17. The third kappa shape index (κ3) is 7.21. The molecule has 39 heavy (non-hydrogen) atoms. The van der Waals surface area contributed by atoms with Gasteiger partial charge in [-0.25, -0.2) is 4.79 Å². The van der Waals surface area contributed by atoms with Crippen molar-refractivity contribution in [3.05, 3.63) is 0 Å². The average Bonchev–Trinajstić information content (AvgIpc) is 2.90. The quantitative estimate of drug-likeness (QED) is 0.111. The number of rotatable bonds is 11. The monoisotopic (exact) mass is 574 g/mol. The Morgan fingerprint density at radius 2 is 1.23 bits per heavy atom. The molecule has 0 aromatic rings. The summed E-state index contributed by atoms with van der Waals surface area (Å²) in [5.41, 5.74) is 0. The average molecular weight is 575 g/mol. The van der Waals surface area contributed by atoms with Gasteiger partial charge in [-0.3, -0.25) is 0 Å². The fourth-order valence-corrected chi connectivity index (χ4v) is 4.63. The Morgan fingerprint density at radius 1 is 0.667 bits per heavy atom. The summed E-state index contributed by atoms with van der Waals surface area (Å²) in [7, 11) is 0. The maximum atomic E-state index is 11.0. The molecule has 0 radical (unpaired) electrons. The van der Waals surface area contributed by atoms with Gasteiger partial charge >= 0.3 is 5.97 Å². The molecular weight excluding hydrogens is 536 g/mol. The molecule has 9 N–H and O–H groups in total. The van der Waals surface area contributed by atoms with Gasteiger partial charge in [-0.1, -0.05) is 0 Å². The minimum absolute atomic E-state index is 0.0751. The molecule has 3 fully saturated rings. The molecule has 17 nitrogen and oxygen atoms in total. The van der Waals surface area contributed by atoms with Crippen molar-refractivity contribution in [2.75, 3.05) is 26.4 Å². The van der Waals surface area contributed by atoms with E-state index < -0.39 is 118 Å². The van der Waals surface area contributed by atoms with Crippen LogP contribution in [0.15, 0.2) is 0 Å². The highest BCUT2D eigenvalue weighted by molar-refractivity contribution is 5.68. The van der Waals surface area contributed by atoms with E-state index >= 15 is 0 Å². The molecule has 0 aliphatic carbocycles. The molecule has 17 heteroatoms. The minimum Gasteiger partial charge on any atom is -0.480 e. The van der Waals surface area contributed by atoms with Crippen LogP contribution < -0.4 is 0 Å². The summed E-state index contributed by atoms with van der Waals surface area (Å²) in [5, 5.41) is 91.4. The standard InChI is InChI=1S/C22H38O17/c1-3-33-20-16(32)19(39-21-14(30)13(29)11(27)7(2)35-21)17(9(5-24)37-20)38-22-15(31)18(34-6-10(25)26)12(28)8(4-23)36-22/h7-9,11-24,27-32H,3-6H2,1-2H3,(H,25,26)/t7-,8+,9+,11+,12-,13+,14-,15+,16+,17+,18-,19+,20+,21-,22-/m0/s1. The molecule has 0 amide bonds. The van der Waals surface area contributed by atoms with Gasteiger partial charge in [0.05, 0.1) is 19.3 Å². The number of carbonyl (C=O) groups is 1. The van der Waals surface area contributed by atoms with E-state index in [0.717, 1.165) is 0 Å². The van der Waals surface area contributed by atoms with E-state index in [0.29, 0.717) is 0 Å². The molecule has 0 aromatic heterocycles. The molecule has 0 bridgehead atoms. The van der Waals surface area contributed by atoms with Crippen LogP contribution in [0.2, 0.25) is 0 Å². The van der Waals surface area contributed by atoms with Gasteiger partial charge in [-0.05, 0) is 13.8 Å². The van der Waals surface area contributed by atoms with Crippen LogP contribution in [0.3, 0.4) is 0 Å². The summed E-state index contributed by atoms with van der Waals surface area (Å²) < 4.78 is 38.6. The fourth-order valence-electron chi connectivity index (χ4n) is 4.63. The number of aliphatic carboxylic acids is 1. The van der Waals surface area contributed by atoms with Crippen molar-refractivity contribution in [3.8, 4) is 0 Å². The predicted molar refractivity (Wildman–Crippen MR) is 121 cm³/mol. The first kappa shape index (κ1) is 32.4. The summed E-state index contributed by atoms with van der Waals surface area (Å²) >= 11 is 0. The molecule has 3 heterocycles. The summed E-state index contributed by atoms with van der Waals surface area (Å²) in [6.45, 7) is 0.680. The van der Waals surface area contributed by atoms with E-state index in [2.05, 4.69) is 0 Å². The van der Waals surface area contributed by atoms with Gasteiger partial charge in [0.15, 0.2) is 18.9 Å². The summed E-state index contributed by atoms with van der Waals surface area (Å²) in [6, 6.07) is 0. The van der Waals surface area contributed by atoms with Crippen molar-refractivity contribution in [2.45, 2.75) is 106 Å². The van der Waals surface area contributed by atoms with Crippen molar-refractivity contribution in [1.82, 2.24) is 0 Å². The fraction of sp³-hybridized carbons (Fsp3) is 0.955. The lowest BCUT2D eigenvalue weighted by Crippen LogP contribution is -2.67. The first-order valence-electron chi connectivity index (χ1n) is 12.5. The van der Waals surface area contributed by atoms with Crippen LogP contribution >= 0.6 is 0 Å². The molecule has 0 spiro atoms. The van der Waals surface area contributed by atoms with Crippen LogP contribution in [0.5, 0.6) is 0 Å². The number of carboxylic acids is 1. The van der Waals surface area contributed by atoms with Gasteiger partial charge in [-0.2, -0.15) is 0 Å². The van der Waals surface area contributed by atoms with Crippen LogP contribution in [0.4, 0.5) is 0 Å². The van der Waals surface area contributed by atoms with Crippen LogP contribution in [0.1, 0.15) is 13.8 Å². The lowest BCUT2D eigenvalue weighted by atomic mass is 9.96. The first-order chi connectivity index (χ1) is 18.4. The van der Waals surface area contributed by atoms with Crippen LogP contribution in [-0.4, -0.2) is 170 Å². The maximum Gasteiger partial charge on any atom is 0.329 e. The van der Waals surface area contributed by atoms with E-state index in [4.69, 9.17) is 38.3 Å². The highest BCUT2D eigenvalue weighted by Gasteiger charge is 2.54. The second-order valence-corrected chi connectivity index (χ2v) is 9.43. The van der Waals surface area contributed by atoms with Gasteiger partial charge in [0.25, 0.3) is 0 Å². The van der Waals surface area contributed by atoms with E-state index in [1.54, 1.807) is 6.92 Å². The molecule has 3 rings (SSSR count). The van der Waals surface area contributed by atoms with E-state index in [9.17, 15) is 45.6 Å². The Labute approximate surface area is 222 Å². The van der Waals surface area contributed by atoms with Crippen LogP contribution in [-0.2, 0) is 38.0 Å². The van der Waals surface area contributed by atoms with Crippen molar-refractivity contribution < 1.29 is 83.9 Å². The first-order valence-corrected chi connectivity index (χ1v) is 12.5. The second-order valence-electron chi connectivity index (χ2n) is 9.43. The molecule has 0 saturated carbocycles. The Bertz CT molecular complexity index is 773. The molecule has 0 aromatic carbocycles. The second kappa shape index (κ2) is 14.2. The highest BCUT2D eigenvalue weighted by atomic mass is 16.8. The summed E-state index contributed by atoms with van der Waals surface area (Å²) in [4.78, 5) is 11.0. The Hall–Kier alpha value is -1.13. The number of hydrogen-bond acceptors (Lipinski definition) is 16. The number of aliphatic hydroxyl groups excluding tert-OH is 8. The van der Waals surface area contributed by atoms with Gasteiger partial charge in [0.2, 0.25) is 0 Å². The third-order valence-electron chi connectivity index (χ3n) is 6.74. The number of ether oxygens (including phenoxy) is 7.